The van der Waals surface area contributed by atoms with Crippen LogP contribution in [-0.4, -0.2) is 16.3 Å². The third-order valence-corrected chi connectivity index (χ3v) is 3.70. The molecule has 0 saturated heterocycles. The van der Waals surface area contributed by atoms with Gasteiger partial charge in [0.25, 0.3) is 0 Å². The number of fused-ring (bicyclic) bond motifs is 3. The van der Waals surface area contributed by atoms with Crippen LogP contribution in [0, 0.1) is 0 Å². The molecule has 1 N–H and O–H groups in total. The van der Waals surface area contributed by atoms with Crippen LogP contribution in [0.3, 0.4) is 0 Å². The third-order valence-electron chi connectivity index (χ3n) is 3.70. The minimum absolute atomic E-state index is 0.510. The minimum atomic E-state index is 0.510. The van der Waals surface area contributed by atoms with Crippen molar-refractivity contribution in [2.24, 2.45) is 0 Å². The second-order valence-corrected chi connectivity index (χ2v) is 4.77. The lowest BCUT2D eigenvalue weighted by Gasteiger charge is -2.20. The fourth-order valence-corrected chi connectivity index (χ4v) is 2.94. The van der Waals surface area contributed by atoms with Crippen LogP contribution in [0.5, 0.6) is 0 Å². The molecule has 3 heteroatoms. The zero-order valence-corrected chi connectivity index (χ0v) is 9.42. The smallest absolute Gasteiger partial charge is 0.0687 e. The normalized spacial score (nSPS) is 25.5. The van der Waals surface area contributed by atoms with Crippen molar-refractivity contribution in [3.63, 3.8) is 0 Å². The van der Waals surface area contributed by atoms with Gasteiger partial charge in [0.05, 0.1) is 5.69 Å². The second kappa shape index (κ2) is 3.63. The van der Waals surface area contributed by atoms with Gasteiger partial charge in [0.1, 0.15) is 0 Å². The van der Waals surface area contributed by atoms with E-state index in [4.69, 9.17) is 5.10 Å². The van der Waals surface area contributed by atoms with Gasteiger partial charge < -0.3 is 5.32 Å². The number of hydrogen-bond donors (Lipinski definition) is 1. The van der Waals surface area contributed by atoms with Gasteiger partial charge in [-0.3, -0.25) is 4.68 Å². The van der Waals surface area contributed by atoms with Crippen LogP contribution in [0.4, 0.5) is 0 Å². The Balaban J connectivity index is 2.07. The van der Waals surface area contributed by atoms with Crippen LogP contribution < -0.4 is 5.32 Å². The zero-order valence-electron chi connectivity index (χ0n) is 9.42. The molecule has 0 amide bonds. The Bertz CT molecular complexity index is 367. The molecule has 0 aliphatic carbocycles. The van der Waals surface area contributed by atoms with Crippen LogP contribution in [0.1, 0.15) is 49.2 Å². The van der Waals surface area contributed by atoms with Gasteiger partial charge in [0.15, 0.2) is 0 Å². The van der Waals surface area contributed by atoms with E-state index in [2.05, 4.69) is 16.9 Å². The fourth-order valence-electron chi connectivity index (χ4n) is 2.94. The van der Waals surface area contributed by atoms with Gasteiger partial charge in [0.2, 0.25) is 0 Å². The summed E-state index contributed by atoms with van der Waals surface area (Å²) in [6.07, 6.45) is 6.34. The van der Waals surface area contributed by atoms with Gasteiger partial charge in [-0.2, -0.15) is 5.10 Å². The number of aromatic nitrogens is 2. The molecule has 0 aromatic carbocycles. The summed E-state index contributed by atoms with van der Waals surface area (Å²) >= 11 is 0. The maximum atomic E-state index is 4.78. The zero-order chi connectivity index (χ0) is 10.3. The quantitative estimate of drug-likeness (QED) is 0.700. The number of nitrogens with zero attached hydrogens (tertiary/aromatic N) is 2. The molecule has 0 spiro atoms. The molecule has 82 valence electrons. The first-order valence-corrected chi connectivity index (χ1v) is 6.18. The lowest BCUT2D eigenvalue weighted by atomic mass is 9.98. The van der Waals surface area contributed by atoms with Gasteiger partial charge in [-0.15, -0.1) is 0 Å². The molecular weight excluding hydrogens is 186 g/mol. The highest BCUT2D eigenvalue weighted by atomic mass is 15.3. The van der Waals surface area contributed by atoms with Crippen molar-refractivity contribution < 1.29 is 0 Å². The van der Waals surface area contributed by atoms with Gasteiger partial charge in [-0.1, -0.05) is 6.42 Å². The summed E-state index contributed by atoms with van der Waals surface area (Å²) in [5, 5.41) is 8.32. The van der Waals surface area contributed by atoms with Crippen LogP contribution in [0.25, 0.3) is 0 Å². The first-order valence-electron chi connectivity index (χ1n) is 6.18. The fraction of sp³-hybridized carbons (Fsp3) is 0.750. The van der Waals surface area contributed by atoms with E-state index >= 15 is 0 Å². The number of nitrogens with one attached hydrogen (secondary N) is 1. The Hall–Kier alpha value is -0.830. The molecule has 1 unspecified atom stereocenters. The predicted molar refractivity (Wildman–Crippen MR) is 59.9 cm³/mol. The van der Waals surface area contributed by atoms with Crippen LogP contribution in [0.15, 0.2) is 0 Å². The third kappa shape index (κ3) is 1.49. The molecular formula is C12H19N3. The number of rotatable bonds is 0. The summed E-state index contributed by atoms with van der Waals surface area (Å²) in [6, 6.07) is 0.510. The maximum absolute atomic E-state index is 4.78. The molecule has 0 bridgehead atoms. The lowest BCUT2D eigenvalue weighted by molar-refractivity contribution is 0.531. The van der Waals surface area contributed by atoms with Crippen molar-refractivity contribution in [3.05, 3.63) is 17.0 Å². The van der Waals surface area contributed by atoms with Crippen molar-refractivity contribution in [2.45, 2.75) is 51.6 Å². The van der Waals surface area contributed by atoms with E-state index in [1.54, 1.807) is 0 Å². The van der Waals surface area contributed by atoms with Crippen molar-refractivity contribution in [2.75, 3.05) is 6.54 Å². The van der Waals surface area contributed by atoms with Crippen LogP contribution in [0.2, 0.25) is 0 Å². The molecule has 0 radical (unpaired) electrons. The molecule has 2 aliphatic rings. The van der Waals surface area contributed by atoms with Gasteiger partial charge in [-0.25, -0.2) is 0 Å². The Morgan fingerprint density at radius 1 is 1.27 bits per heavy atom. The topological polar surface area (TPSA) is 29.9 Å². The maximum Gasteiger partial charge on any atom is 0.0687 e. The highest BCUT2D eigenvalue weighted by Crippen LogP contribution is 2.28. The van der Waals surface area contributed by atoms with Crippen LogP contribution >= 0.6 is 0 Å². The van der Waals surface area contributed by atoms with E-state index in [-0.39, 0.29) is 0 Å². The molecule has 0 fully saturated rings. The molecule has 1 aromatic rings. The second-order valence-electron chi connectivity index (χ2n) is 4.77. The van der Waals surface area contributed by atoms with E-state index in [9.17, 15) is 0 Å². The monoisotopic (exact) mass is 205 g/mol. The standard InChI is InChI=1S/C12H19N3/c1-9-12-10(6-7-13-9)14-15-8-4-2-3-5-11(12)15/h9,13H,2-8H2,1H3. The van der Waals surface area contributed by atoms with Crippen LogP contribution in [-0.2, 0) is 19.4 Å². The summed E-state index contributed by atoms with van der Waals surface area (Å²) in [6.45, 7) is 4.49. The number of aryl methyl sites for hydroxylation is 1. The largest absolute Gasteiger partial charge is 0.310 e. The Morgan fingerprint density at radius 3 is 3.13 bits per heavy atom. The Morgan fingerprint density at radius 2 is 2.20 bits per heavy atom. The van der Waals surface area contributed by atoms with E-state index in [0.29, 0.717) is 6.04 Å². The summed E-state index contributed by atoms with van der Waals surface area (Å²) < 4.78 is 2.28. The highest BCUT2D eigenvalue weighted by molar-refractivity contribution is 5.32. The summed E-state index contributed by atoms with van der Waals surface area (Å²) in [5.74, 6) is 0. The molecule has 3 rings (SSSR count). The number of hydrogen-bond acceptors (Lipinski definition) is 2. The molecule has 1 aromatic heterocycles. The van der Waals surface area contributed by atoms with E-state index in [1.165, 1.54) is 42.6 Å². The average molecular weight is 205 g/mol. The molecule has 3 heterocycles. The molecule has 3 nitrogen and oxygen atoms in total. The Kier molecular flexibility index (Phi) is 2.28. The van der Waals surface area contributed by atoms with Gasteiger partial charge in [0, 0.05) is 36.8 Å². The van der Waals surface area contributed by atoms with Crippen molar-refractivity contribution in [1.82, 2.24) is 15.1 Å². The SMILES string of the molecule is CC1NCCc2nn3c(c21)CCCCC3. The van der Waals surface area contributed by atoms with E-state index in [1.807, 2.05) is 0 Å². The summed E-state index contributed by atoms with van der Waals surface area (Å²) in [7, 11) is 0. The van der Waals surface area contributed by atoms with Crippen molar-refractivity contribution >= 4 is 0 Å². The molecule has 0 saturated carbocycles. The van der Waals surface area contributed by atoms with Gasteiger partial charge in [-0.05, 0) is 26.2 Å². The summed E-state index contributed by atoms with van der Waals surface area (Å²) in [5.41, 5.74) is 4.39. The van der Waals surface area contributed by atoms with Crippen molar-refractivity contribution in [1.29, 1.82) is 0 Å². The van der Waals surface area contributed by atoms with Gasteiger partial charge >= 0.3 is 0 Å². The predicted octanol–water partition coefficient (Wildman–Crippen LogP) is 1.82. The first-order chi connectivity index (χ1) is 7.36. The van der Waals surface area contributed by atoms with E-state index in [0.717, 1.165) is 19.5 Å². The molecule has 2 aliphatic heterocycles. The Labute approximate surface area is 90.9 Å². The average Bonchev–Trinajstić information content (AvgIpc) is 2.43. The summed E-state index contributed by atoms with van der Waals surface area (Å²) in [4.78, 5) is 0. The minimum Gasteiger partial charge on any atom is -0.310 e. The molecule has 15 heavy (non-hydrogen) atoms. The van der Waals surface area contributed by atoms with E-state index < -0.39 is 0 Å². The van der Waals surface area contributed by atoms with Crippen molar-refractivity contribution in [3.8, 4) is 0 Å². The first kappa shape index (κ1) is 9.40. The highest BCUT2D eigenvalue weighted by Gasteiger charge is 2.25. The lowest BCUT2D eigenvalue weighted by Crippen LogP contribution is -2.27. The molecule has 1 atom stereocenters.